The lowest BCUT2D eigenvalue weighted by atomic mass is 9.82. The van der Waals surface area contributed by atoms with Crippen LogP contribution in [0.5, 0.6) is 0 Å². The molecule has 1 amide bonds. The summed E-state index contributed by atoms with van der Waals surface area (Å²) in [6.45, 7) is 8.58. The minimum atomic E-state index is -0.450. The molecule has 0 unspecified atom stereocenters. The van der Waals surface area contributed by atoms with E-state index in [2.05, 4.69) is 32.7 Å². The van der Waals surface area contributed by atoms with Gasteiger partial charge in [0.15, 0.2) is 0 Å². The summed E-state index contributed by atoms with van der Waals surface area (Å²) in [4.78, 5) is 15.1. The predicted molar refractivity (Wildman–Crippen MR) is 58.5 cm³/mol. The van der Waals surface area contributed by atoms with Crippen LogP contribution in [0.25, 0.3) is 0 Å². The molecule has 0 aromatic carbocycles. The first-order chi connectivity index (χ1) is 6.32. The van der Waals surface area contributed by atoms with E-state index in [1.165, 1.54) is 11.3 Å². The molecule has 1 atom stereocenters. The summed E-state index contributed by atoms with van der Waals surface area (Å²) in [5.41, 5.74) is 5.68. The highest BCUT2D eigenvalue weighted by Crippen LogP contribution is 2.35. The van der Waals surface area contributed by atoms with E-state index >= 15 is 0 Å². The third-order valence-electron chi connectivity index (χ3n) is 2.44. The molecule has 0 aliphatic rings. The van der Waals surface area contributed by atoms with Crippen LogP contribution in [0, 0.1) is 5.41 Å². The number of amides is 1. The van der Waals surface area contributed by atoms with Crippen molar-refractivity contribution in [2.45, 2.75) is 33.6 Å². The molecular formula is C10H16N2OS. The number of nitrogens with two attached hydrogens (primary N) is 1. The molecule has 0 aliphatic heterocycles. The summed E-state index contributed by atoms with van der Waals surface area (Å²) in [6, 6.07) is 0. The van der Waals surface area contributed by atoms with Crippen molar-refractivity contribution in [2.75, 3.05) is 0 Å². The average molecular weight is 212 g/mol. The van der Waals surface area contributed by atoms with Crippen LogP contribution in [0.4, 0.5) is 0 Å². The third kappa shape index (κ3) is 2.32. The Kier molecular flexibility index (Phi) is 2.95. The molecule has 3 nitrogen and oxygen atoms in total. The van der Waals surface area contributed by atoms with Gasteiger partial charge in [0.2, 0.25) is 0 Å². The van der Waals surface area contributed by atoms with Crippen LogP contribution in [-0.4, -0.2) is 10.9 Å². The summed E-state index contributed by atoms with van der Waals surface area (Å²) in [5.74, 6) is -0.116. The van der Waals surface area contributed by atoms with Crippen molar-refractivity contribution >= 4 is 17.2 Å². The number of carbonyl (C=O) groups is 1. The van der Waals surface area contributed by atoms with E-state index in [0.29, 0.717) is 11.6 Å². The molecule has 0 fully saturated rings. The normalized spacial score (nSPS) is 14.0. The van der Waals surface area contributed by atoms with Gasteiger partial charge in [0.25, 0.3) is 5.91 Å². The summed E-state index contributed by atoms with van der Waals surface area (Å²) >= 11 is 1.50. The Morgan fingerprint density at radius 1 is 1.57 bits per heavy atom. The predicted octanol–water partition coefficient (Wildman–Crippen LogP) is 2.39. The Bertz CT molecular complexity index is 338. The average Bonchev–Trinajstić information content (AvgIpc) is 2.48. The Hall–Kier alpha value is -0.900. The van der Waals surface area contributed by atoms with Gasteiger partial charge >= 0.3 is 0 Å². The topological polar surface area (TPSA) is 56.0 Å². The van der Waals surface area contributed by atoms with Crippen molar-refractivity contribution in [1.82, 2.24) is 4.98 Å². The van der Waals surface area contributed by atoms with Crippen molar-refractivity contribution in [1.29, 1.82) is 0 Å². The summed E-state index contributed by atoms with van der Waals surface area (Å²) in [7, 11) is 0. The molecule has 0 aliphatic carbocycles. The van der Waals surface area contributed by atoms with Gasteiger partial charge in [-0.1, -0.05) is 27.7 Å². The number of primary amides is 1. The molecule has 1 aromatic rings. The van der Waals surface area contributed by atoms with Gasteiger partial charge in [-0.05, 0) is 5.41 Å². The fourth-order valence-corrected chi connectivity index (χ4v) is 2.08. The van der Waals surface area contributed by atoms with Crippen molar-refractivity contribution in [3.8, 4) is 0 Å². The standard InChI is InChI=1S/C10H16N2OS/c1-6(10(2,3)4)9-12-7(5-14-9)8(11)13/h5-6H,1-4H3,(H2,11,13)/t6-/m1/s1. The van der Waals surface area contributed by atoms with Gasteiger partial charge in [-0.25, -0.2) is 4.98 Å². The van der Waals surface area contributed by atoms with E-state index in [1.54, 1.807) is 5.38 Å². The van der Waals surface area contributed by atoms with Gasteiger partial charge in [-0.15, -0.1) is 11.3 Å². The number of hydrogen-bond acceptors (Lipinski definition) is 3. The molecule has 0 spiro atoms. The largest absolute Gasteiger partial charge is 0.364 e. The number of rotatable bonds is 2. The molecule has 0 saturated carbocycles. The SMILES string of the molecule is C[C@H](c1nc(C(N)=O)cs1)C(C)(C)C. The Morgan fingerprint density at radius 3 is 2.50 bits per heavy atom. The lowest BCUT2D eigenvalue weighted by Gasteiger charge is -2.25. The first-order valence-corrected chi connectivity index (χ1v) is 5.45. The Labute approximate surface area is 88.3 Å². The zero-order valence-electron chi connectivity index (χ0n) is 9.00. The van der Waals surface area contributed by atoms with Gasteiger partial charge in [-0.2, -0.15) is 0 Å². The van der Waals surface area contributed by atoms with Gasteiger partial charge in [0, 0.05) is 11.3 Å². The highest BCUT2D eigenvalue weighted by atomic mass is 32.1. The fraction of sp³-hybridized carbons (Fsp3) is 0.600. The molecule has 1 heterocycles. The smallest absolute Gasteiger partial charge is 0.268 e. The molecule has 0 saturated heterocycles. The lowest BCUT2D eigenvalue weighted by molar-refractivity contribution is 0.0996. The van der Waals surface area contributed by atoms with Gasteiger partial charge < -0.3 is 5.73 Å². The van der Waals surface area contributed by atoms with E-state index in [4.69, 9.17) is 5.73 Å². The van der Waals surface area contributed by atoms with Crippen LogP contribution in [0.15, 0.2) is 5.38 Å². The molecule has 78 valence electrons. The fourth-order valence-electron chi connectivity index (χ4n) is 0.970. The molecule has 2 N–H and O–H groups in total. The van der Waals surface area contributed by atoms with Crippen LogP contribution >= 0.6 is 11.3 Å². The number of thiazole rings is 1. The highest BCUT2D eigenvalue weighted by Gasteiger charge is 2.24. The van der Waals surface area contributed by atoms with E-state index in [9.17, 15) is 4.79 Å². The zero-order valence-corrected chi connectivity index (χ0v) is 9.81. The summed E-state index contributed by atoms with van der Waals surface area (Å²) in [6.07, 6.45) is 0. The number of aromatic nitrogens is 1. The van der Waals surface area contributed by atoms with Crippen LogP contribution in [0.1, 0.15) is 49.1 Å². The molecule has 4 heteroatoms. The van der Waals surface area contributed by atoms with Crippen LogP contribution in [0.2, 0.25) is 0 Å². The maximum atomic E-state index is 10.9. The van der Waals surface area contributed by atoms with Crippen molar-refractivity contribution in [2.24, 2.45) is 11.1 Å². The van der Waals surface area contributed by atoms with Crippen molar-refractivity contribution < 1.29 is 4.79 Å². The number of carbonyl (C=O) groups excluding carboxylic acids is 1. The van der Waals surface area contributed by atoms with Crippen LogP contribution in [-0.2, 0) is 0 Å². The second kappa shape index (κ2) is 3.69. The second-order valence-corrected chi connectivity index (χ2v) is 5.41. The number of hydrogen-bond donors (Lipinski definition) is 1. The molecule has 0 bridgehead atoms. The minimum Gasteiger partial charge on any atom is -0.364 e. The minimum absolute atomic E-state index is 0.159. The highest BCUT2D eigenvalue weighted by molar-refractivity contribution is 7.09. The first-order valence-electron chi connectivity index (χ1n) is 4.57. The molecule has 0 radical (unpaired) electrons. The van der Waals surface area contributed by atoms with Crippen molar-refractivity contribution in [3.63, 3.8) is 0 Å². The van der Waals surface area contributed by atoms with E-state index in [0.717, 1.165) is 5.01 Å². The first kappa shape index (κ1) is 11.2. The summed E-state index contributed by atoms with van der Waals surface area (Å²) in [5, 5.41) is 2.70. The van der Waals surface area contributed by atoms with Crippen molar-refractivity contribution in [3.05, 3.63) is 16.1 Å². The quantitative estimate of drug-likeness (QED) is 0.818. The van der Waals surface area contributed by atoms with Gasteiger partial charge in [0.05, 0.1) is 5.01 Å². The number of nitrogens with zero attached hydrogens (tertiary/aromatic N) is 1. The van der Waals surface area contributed by atoms with E-state index < -0.39 is 5.91 Å². The maximum Gasteiger partial charge on any atom is 0.268 e. The summed E-state index contributed by atoms with van der Waals surface area (Å²) < 4.78 is 0. The third-order valence-corrected chi connectivity index (χ3v) is 3.47. The lowest BCUT2D eigenvalue weighted by Crippen LogP contribution is -2.16. The molecule has 1 rings (SSSR count). The molecule has 1 aromatic heterocycles. The Balaban J connectivity index is 2.92. The van der Waals surface area contributed by atoms with E-state index in [1.807, 2.05) is 0 Å². The maximum absolute atomic E-state index is 10.9. The van der Waals surface area contributed by atoms with Gasteiger partial charge in [-0.3, -0.25) is 4.79 Å². The van der Waals surface area contributed by atoms with Crippen LogP contribution < -0.4 is 5.73 Å². The second-order valence-electron chi connectivity index (χ2n) is 4.52. The molecular weight excluding hydrogens is 196 g/mol. The van der Waals surface area contributed by atoms with Crippen LogP contribution in [0.3, 0.4) is 0 Å². The Morgan fingerprint density at radius 2 is 2.14 bits per heavy atom. The van der Waals surface area contributed by atoms with Gasteiger partial charge in [0.1, 0.15) is 5.69 Å². The molecule has 14 heavy (non-hydrogen) atoms. The van der Waals surface area contributed by atoms with E-state index in [-0.39, 0.29) is 5.41 Å². The zero-order chi connectivity index (χ0) is 10.9. The monoisotopic (exact) mass is 212 g/mol.